The van der Waals surface area contributed by atoms with Crippen LogP contribution < -0.4 is 10.1 Å². The predicted molar refractivity (Wildman–Crippen MR) is 75.9 cm³/mol. The summed E-state index contributed by atoms with van der Waals surface area (Å²) in [5, 5.41) is 12.3. The van der Waals surface area contributed by atoms with Crippen LogP contribution in [-0.2, 0) is 6.54 Å². The van der Waals surface area contributed by atoms with Gasteiger partial charge in [-0.25, -0.2) is 0 Å². The van der Waals surface area contributed by atoms with E-state index < -0.39 is 0 Å². The van der Waals surface area contributed by atoms with Gasteiger partial charge in [0.05, 0.1) is 6.61 Å². The lowest BCUT2D eigenvalue weighted by Gasteiger charge is -2.15. The minimum absolute atomic E-state index is 0.172. The van der Waals surface area contributed by atoms with Gasteiger partial charge in [0.1, 0.15) is 5.75 Å². The van der Waals surface area contributed by atoms with Crippen LogP contribution in [0.5, 0.6) is 5.75 Å². The number of rotatable bonds is 7. The SMILES string of the molecule is Cc1cc(Br)cc(CNC2CC2)c1OCCCO. The van der Waals surface area contributed by atoms with Crippen LogP contribution >= 0.6 is 15.9 Å². The van der Waals surface area contributed by atoms with E-state index in [0.29, 0.717) is 19.1 Å². The minimum Gasteiger partial charge on any atom is -0.493 e. The third kappa shape index (κ3) is 3.97. The van der Waals surface area contributed by atoms with Gasteiger partial charge in [-0.3, -0.25) is 0 Å². The number of ether oxygens (including phenoxy) is 1. The molecular weight excluding hydrogens is 294 g/mol. The zero-order chi connectivity index (χ0) is 13.0. The molecule has 0 amide bonds. The van der Waals surface area contributed by atoms with Crippen LogP contribution in [0.15, 0.2) is 16.6 Å². The normalized spacial score (nSPS) is 14.8. The fourth-order valence-electron chi connectivity index (χ4n) is 1.92. The maximum atomic E-state index is 8.81. The van der Waals surface area contributed by atoms with E-state index in [9.17, 15) is 0 Å². The van der Waals surface area contributed by atoms with Gasteiger partial charge in [-0.1, -0.05) is 15.9 Å². The molecule has 0 radical (unpaired) electrons. The molecule has 1 aliphatic rings. The van der Waals surface area contributed by atoms with Crippen LogP contribution in [0.3, 0.4) is 0 Å². The van der Waals surface area contributed by atoms with Gasteiger partial charge in [-0.2, -0.15) is 0 Å². The Morgan fingerprint density at radius 2 is 2.22 bits per heavy atom. The number of aryl methyl sites for hydroxylation is 1. The number of hydrogen-bond donors (Lipinski definition) is 2. The second-order valence-electron chi connectivity index (χ2n) is 4.79. The highest BCUT2D eigenvalue weighted by atomic mass is 79.9. The average Bonchev–Trinajstić information content (AvgIpc) is 3.13. The zero-order valence-electron chi connectivity index (χ0n) is 10.7. The van der Waals surface area contributed by atoms with E-state index in [2.05, 4.69) is 40.3 Å². The number of aliphatic hydroxyl groups is 1. The van der Waals surface area contributed by atoms with Crippen molar-refractivity contribution in [3.8, 4) is 5.75 Å². The van der Waals surface area contributed by atoms with E-state index in [1.165, 1.54) is 18.4 Å². The first-order chi connectivity index (χ1) is 8.70. The van der Waals surface area contributed by atoms with Crippen molar-refractivity contribution in [1.82, 2.24) is 5.32 Å². The molecule has 4 heteroatoms. The summed E-state index contributed by atoms with van der Waals surface area (Å²) in [5.74, 6) is 0.958. The van der Waals surface area contributed by atoms with Crippen LogP contribution in [0.4, 0.5) is 0 Å². The summed E-state index contributed by atoms with van der Waals surface area (Å²) in [6.07, 6.45) is 3.24. The summed E-state index contributed by atoms with van der Waals surface area (Å²) in [4.78, 5) is 0. The molecule has 0 atom stereocenters. The Balaban J connectivity index is 2.06. The Morgan fingerprint density at radius 1 is 1.44 bits per heavy atom. The molecule has 2 N–H and O–H groups in total. The molecule has 0 heterocycles. The van der Waals surface area contributed by atoms with E-state index in [-0.39, 0.29) is 6.61 Å². The lowest BCUT2D eigenvalue weighted by atomic mass is 10.1. The fraction of sp³-hybridized carbons (Fsp3) is 0.571. The quantitative estimate of drug-likeness (QED) is 0.761. The molecule has 0 spiro atoms. The van der Waals surface area contributed by atoms with Gasteiger partial charge in [0.2, 0.25) is 0 Å². The molecule has 3 nitrogen and oxygen atoms in total. The lowest BCUT2D eigenvalue weighted by Crippen LogP contribution is -2.16. The van der Waals surface area contributed by atoms with Crippen LogP contribution in [0, 0.1) is 6.92 Å². The summed E-state index contributed by atoms with van der Waals surface area (Å²) in [5.41, 5.74) is 2.32. The highest BCUT2D eigenvalue weighted by molar-refractivity contribution is 9.10. The van der Waals surface area contributed by atoms with Gasteiger partial charge in [-0.15, -0.1) is 0 Å². The Hall–Kier alpha value is -0.580. The van der Waals surface area contributed by atoms with Crippen molar-refractivity contribution in [2.45, 2.75) is 38.8 Å². The van der Waals surface area contributed by atoms with Gasteiger partial charge < -0.3 is 15.2 Å². The summed E-state index contributed by atoms with van der Waals surface area (Å²) in [7, 11) is 0. The third-order valence-electron chi connectivity index (χ3n) is 3.02. The number of benzene rings is 1. The van der Waals surface area contributed by atoms with Crippen molar-refractivity contribution >= 4 is 15.9 Å². The molecule has 18 heavy (non-hydrogen) atoms. The van der Waals surface area contributed by atoms with Crippen LogP contribution in [0.25, 0.3) is 0 Å². The molecule has 1 aromatic carbocycles. The Morgan fingerprint density at radius 3 is 2.89 bits per heavy atom. The first-order valence-corrected chi connectivity index (χ1v) is 7.26. The second-order valence-corrected chi connectivity index (χ2v) is 5.71. The molecule has 0 saturated heterocycles. The molecule has 0 aromatic heterocycles. The Labute approximate surface area is 117 Å². The molecule has 1 aliphatic carbocycles. The van der Waals surface area contributed by atoms with Gasteiger partial charge in [0, 0.05) is 35.7 Å². The van der Waals surface area contributed by atoms with Crippen LogP contribution in [0.1, 0.15) is 30.4 Å². The first kappa shape index (κ1) is 13.8. The first-order valence-electron chi connectivity index (χ1n) is 6.46. The zero-order valence-corrected chi connectivity index (χ0v) is 12.3. The number of nitrogens with one attached hydrogen (secondary N) is 1. The van der Waals surface area contributed by atoms with Crippen molar-refractivity contribution in [3.63, 3.8) is 0 Å². The number of hydrogen-bond acceptors (Lipinski definition) is 3. The standard InChI is InChI=1S/C14H20BrNO2/c1-10-7-12(15)8-11(9-16-13-3-4-13)14(10)18-6-2-5-17/h7-8,13,16-17H,2-6,9H2,1H3. The minimum atomic E-state index is 0.172. The summed E-state index contributed by atoms with van der Waals surface area (Å²) < 4.78 is 6.88. The van der Waals surface area contributed by atoms with E-state index in [0.717, 1.165) is 22.3 Å². The number of aliphatic hydroxyl groups excluding tert-OH is 1. The lowest BCUT2D eigenvalue weighted by molar-refractivity contribution is 0.231. The Bertz CT molecular complexity index is 405. The molecular formula is C14H20BrNO2. The Kier molecular flexibility index (Phi) is 5.03. The van der Waals surface area contributed by atoms with E-state index in [4.69, 9.17) is 9.84 Å². The van der Waals surface area contributed by atoms with Crippen LogP contribution in [0.2, 0.25) is 0 Å². The molecule has 1 aromatic rings. The molecule has 1 saturated carbocycles. The predicted octanol–water partition coefficient (Wildman–Crippen LogP) is 2.77. The molecule has 0 bridgehead atoms. The smallest absolute Gasteiger partial charge is 0.126 e. The molecule has 0 aliphatic heterocycles. The van der Waals surface area contributed by atoms with Crippen molar-refractivity contribution in [2.75, 3.05) is 13.2 Å². The van der Waals surface area contributed by atoms with Gasteiger partial charge >= 0.3 is 0 Å². The average molecular weight is 314 g/mol. The van der Waals surface area contributed by atoms with E-state index >= 15 is 0 Å². The highest BCUT2D eigenvalue weighted by Gasteiger charge is 2.21. The molecule has 100 valence electrons. The second kappa shape index (κ2) is 6.55. The molecule has 1 fully saturated rings. The number of halogens is 1. The maximum absolute atomic E-state index is 8.81. The largest absolute Gasteiger partial charge is 0.493 e. The van der Waals surface area contributed by atoms with Gasteiger partial charge in [0.15, 0.2) is 0 Å². The van der Waals surface area contributed by atoms with Crippen LogP contribution in [-0.4, -0.2) is 24.4 Å². The van der Waals surface area contributed by atoms with Crippen molar-refractivity contribution in [3.05, 3.63) is 27.7 Å². The van der Waals surface area contributed by atoms with Gasteiger partial charge in [0.25, 0.3) is 0 Å². The summed E-state index contributed by atoms with van der Waals surface area (Å²) in [6, 6.07) is 4.86. The fourth-order valence-corrected chi connectivity index (χ4v) is 2.54. The maximum Gasteiger partial charge on any atom is 0.126 e. The molecule has 0 unspecified atom stereocenters. The monoisotopic (exact) mass is 313 g/mol. The van der Waals surface area contributed by atoms with Gasteiger partial charge in [-0.05, 0) is 37.5 Å². The molecule has 2 rings (SSSR count). The topological polar surface area (TPSA) is 41.5 Å². The van der Waals surface area contributed by atoms with Crippen molar-refractivity contribution < 1.29 is 9.84 Å². The summed E-state index contributed by atoms with van der Waals surface area (Å²) >= 11 is 3.53. The summed E-state index contributed by atoms with van der Waals surface area (Å²) in [6.45, 7) is 3.64. The van der Waals surface area contributed by atoms with E-state index in [1.807, 2.05) is 0 Å². The third-order valence-corrected chi connectivity index (χ3v) is 3.48. The highest BCUT2D eigenvalue weighted by Crippen LogP contribution is 2.29. The van der Waals surface area contributed by atoms with Crippen molar-refractivity contribution in [1.29, 1.82) is 0 Å². The van der Waals surface area contributed by atoms with Crippen molar-refractivity contribution in [2.24, 2.45) is 0 Å². The van der Waals surface area contributed by atoms with E-state index in [1.54, 1.807) is 0 Å².